The Kier molecular flexibility index (Phi) is 4.01. The summed E-state index contributed by atoms with van der Waals surface area (Å²) in [4.78, 5) is 27.3. The van der Waals surface area contributed by atoms with Crippen LogP contribution in [0.1, 0.15) is 10.4 Å². The van der Waals surface area contributed by atoms with Crippen molar-refractivity contribution < 1.29 is 4.79 Å². The lowest BCUT2D eigenvalue weighted by Crippen LogP contribution is -2.20. The molecule has 2 aromatic heterocycles. The lowest BCUT2D eigenvalue weighted by Gasteiger charge is -2.07. The van der Waals surface area contributed by atoms with Crippen LogP contribution in [0.3, 0.4) is 0 Å². The van der Waals surface area contributed by atoms with E-state index in [1.165, 1.54) is 23.0 Å². The normalized spacial score (nSPS) is 10.3. The summed E-state index contributed by atoms with van der Waals surface area (Å²) in [6.45, 7) is 0. The summed E-state index contributed by atoms with van der Waals surface area (Å²) in [7, 11) is 1.61. The summed E-state index contributed by atoms with van der Waals surface area (Å²) in [6.07, 6.45) is 3.05. The van der Waals surface area contributed by atoms with Crippen LogP contribution in [0.25, 0.3) is 0 Å². The molecule has 2 heterocycles. The lowest BCUT2D eigenvalue weighted by molar-refractivity contribution is 0.102. The Labute approximate surface area is 122 Å². The third kappa shape index (κ3) is 3.21. The van der Waals surface area contributed by atoms with Crippen LogP contribution in [0.2, 0.25) is 5.15 Å². The number of pyridine rings is 2. The molecule has 1 amide bonds. The molecule has 0 aliphatic carbocycles. The van der Waals surface area contributed by atoms with Gasteiger partial charge in [0.2, 0.25) is 0 Å². The number of carbonyl (C=O) groups is 1. The quantitative estimate of drug-likeness (QED) is 0.853. The molecule has 2 rings (SSSR count). The Hall–Kier alpha value is -1.66. The maximum absolute atomic E-state index is 12.0. The fraction of sp³-hybridized carbons (Fsp3) is 0.0833. The van der Waals surface area contributed by atoms with E-state index in [1.807, 2.05) is 0 Å². The number of nitrogens with zero attached hydrogens (tertiary/aromatic N) is 2. The van der Waals surface area contributed by atoms with Crippen molar-refractivity contribution in [1.29, 1.82) is 0 Å². The van der Waals surface area contributed by atoms with E-state index in [-0.39, 0.29) is 16.3 Å². The standard InChI is InChI=1S/C12H9BrClN3O2/c1-17-3-2-7(4-10(17)18)12(19)16-9-5-8(13)6-15-11(9)14/h2-6H,1H3,(H,16,19). The van der Waals surface area contributed by atoms with Gasteiger partial charge in [-0.15, -0.1) is 0 Å². The number of rotatable bonds is 2. The summed E-state index contributed by atoms with van der Waals surface area (Å²) in [6, 6.07) is 4.44. The highest BCUT2D eigenvalue weighted by atomic mass is 79.9. The van der Waals surface area contributed by atoms with Crippen molar-refractivity contribution in [1.82, 2.24) is 9.55 Å². The first kappa shape index (κ1) is 13.8. The van der Waals surface area contributed by atoms with E-state index >= 15 is 0 Å². The highest BCUT2D eigenvalue weighted by molar-refractivity contribution is 9.10. The van der Waals surface area contributed by atoms with Crippen molar-refractivity contribution in [3.05, 3.63) is 56.1 Å². The van der Waals surface area contributed by atoms with Crippen molar-refractivity contribution >= 4 is 39.1 Å². The molecular weight excluding hydrogens is 334 g/mol. The number of anilines is 1. The molecule has 7 heteroatoms. The van der Waals surface area contributed by atoms with E-state index in [4.69, 9.17) is 11.6 Å². The molecular formula is C12H9BrClN3O2. The Morgan fingerprint density at radius 1 is 1.47 bits per heavy atom. The van der Waals surface area contributed by atoms with Gasteiger partial charge in [-0.1, -0.05) is 11.6 Å². The van der Waals surface area contributed by atoms with Crippen molar-refractivity contribution in [2.24, 2.45) is 7.05 Å². The molecule has 0 atom stereocenters. The second-order valence-electron chi connectivity index (χ2n) is 3.81. The number of hydrogen-bond donors (Lipinski definition) is 1. The van der Waals surface area contributed by atoms with E-state index in [0.29, 0.717) is 10.2 Å². The van der Waals surface area contributed by atoms with Gasteiger partial charge < -0.3 is 9.88 Å². The predicted molar refractivity (Wildman–Crippen MR) is 76.6 cm³/mol. The minimum absolute atomic E-state index is 0.181. The average molecular weight is 343 g/mol. The second-order valence-corrected chi connectivity index (χ2v) is 5.08. The maximum atomic E-state index is 12.0. The molecule has 0 saturated carbocycles. The van der Waals surface area contributed by atoms with Gasteiger partial charge in [-0.05, 0) is 28.1 Å². The summed E-state index contributed by atoms with van der Waals surface area (Å²) in [5, 5.41) is 2.78. The molecule has 0 fully saturated rings. The van der Waals surface area contributed by atoms with Gasteiger partial charge in [-0.25, -0.2) is 4.98 Å². The van der Waals surface area contributed by atoms with E-state index in [2.05, 4.69) is 26.2 Å². The average Bonchev–Trinajstić information content (AvgIpc) is 2.37. The molecule has 0 aliphatic rings. The number of amides is 1. The molecule has 0 bridgehead atoms. The summed E-state index contributed by atoms with van der Waals surface area (Å²) < 4.78 is 2.07. The molecule has 2 aromatic rings. The SMILES string of the molecule is Cn1ccc(C(=O)Nc2cc(Br)cnc2Cl)cc1=O. The van der Waals surface area contributed by atoms with Crippen LogP contribution in [0.15, 0.2) is 39.9 Å². The Morgan fingerprint density at radius 3 is 2.89 bits per heavy atom. The van der Waals surface area contributed by atoms with Crippen LogP contribution >= 0.6 is 27.5 Å². The maximum Gasteiger partial charge on any atom is 0.255 e. The van der Waals surface area contributed by atoms with Crippen molar-refractivity contribution in [3.8, 4) is 0 Å². The van der Waals surface area contributed by atoms with Gasteiger partial charge in [0.1, 0.15) is 0 Å². The van der Waals surface area contributed by atoms with Crippen LogP contribution < -0.4 is 10.9 Å². The molecule has 1 N–H and O–H groups in total. The second kappa shape index (κ2) is 5.54. The Bertz CT molecular complexity index is 700. The smallest absolute Gasteiger partial charge is 0.255 e. The van der Waals surface area contributed by atoms with Gasteiger partial charge in [0, 0.05) is 35.5 Å². The summed E-state index contributed by atoms with van der Waals surface area (Å²) in [5.74, 6) is -0.417. The lowest BCUT2D eigenvalue weighted by atomic mass is 10.2. The number of carbonyl (C=O) groups excluding carboxylic acids is 1. The van der Waals surface area contributed by atoms with Crippen molar-refractivity contribution in [3.63, 3.8) is 0 Å². The van der Waals surface area contributed by atoms with Gasteiger partial charge in [-0.2, -0.15) is 0 Å². The van der Waals surface area contributed by atoms with E-state index in [1.54, 1.807) is 19.2 Å². The first-order valence-corrected chi connectivity index (χ1v) is 6.43. The zero-order chi connectivity index (χ0) is 14.0. The van der Waals surface area contributed by atoms with Crippen LogP contribution in [0.4, 0.5) is 5.69 Å². The summed E-state index contributed by atoms with van der Waals surface area (Å²) >= 11 is 9.11. The van der Waals surface area contributed by atoms with Crippen molar-refractivity contribution in [2.75, 3.05) is 5.32 Å². The molecule has 0 aromatic carbocycles. The minimum atomic E-state index is -0.417. The fourth-order valence-electron chi connectivity index (χ4n) is 1.39. The molecule has 0 saturated heterocycles. The molecule has 0 unspecified atom stereocenters. The first-order valence-electron chi connectivity index (χ1n) is 5.26. The fourth-order valence-corrected chi connectivity index (χ4v) is 1.88. The van der Waals surface area contributed by atoms with Crippen molar-refractivity contribution in [2.45, 2.75) is 0 Å². The monoisotopic (exact) mass is 341 g/mol. The van der Waals surface area contributed by atoms with Gasteiger partial charge in [0.25, 0.3) is 11.5 Å². The first-order chi connectivity index (χ1) is 8.97. The number of hydrogen-bond acceptors (Lipinski definition) is 3. The predicted octanol–water partition coefficient (Wildman–Crippen LogP) is 2.45. The molecule has 0 radical (unpaired) electrons. The van der Waals surface area contributed by atoms with E-state index in [9.17, 15) is 9.59 Å². The van der Waals surface area contributed by atoms with Crippen LogP contribution in [0.5, 0.6) is 0 Å². The van der Waals surface area contributed by atoms with Crippen LogP contribution in [0, 0.1) is 0 Å². The largest absolute Gasteiger partial charge is 0.319 e. The minimum Gasteiger partial charge on any atom is -0.319 e. The molecule has 19 heavy (non-hydrogen) atoms. The number of halogens is 2. The Balaban J connectivity index is 2.28. The van der Waals surface area contributed by atoms with Gasteiger partial charge in [0.15, 0.2) is 5.15 Å². The highest BCUT2D eigenvalue weighted by Gasteiger charge is 2.10. The molecule has 0 spiro atoms. The Morgan fingerprint density at radius 2 is 2.21 bits per heavy atom. The molecule has 0 aliphatic heterocycles. The van der Waals surface area contributed by atoms with Gasteiger partial charge >= 0.3 is 0 Å². The van der Waals surface area contributed by atoms with Gasteiger partial charge in [0.05, 0.1) is 5.69 Å². The number of nitrogens with one attached hydrogen (secondary N) is 1. The topological polar surface area (TPSA) is 64.0 Å². The molecule has 5 nitrogen and oxygen atoms in total. The number of aromatic nitrogens is 2. The van der Waals surface area contributed by atoms with Crippen LogP contribution in [-0.4, -0.2) is 15.5 Å². The third-order valence-corrected chi connectivity index (χ3v) is 3.16. The summed E-state index contributed by atoms with van der Waals surface area (Å²) in [5.41, 5.74) is 0.381. The number of aryl methyl sites for hydroxylation is 1. The third-order valence-electron chi connectivity index (χ3n) is 2.42. The molecule has 98 valence electrons. The van der Waals surface area contributed by atoms with E-state index in [0.717, 1.165) is 0 Å². The van der Waals surface area contributed by atoms with Gasteiger partial charge in [-0.3, -0.25) is 9.59 Å². The highest BCUT2D eigenvalue weighted by Crippen LogP contribution is 2.23. The van der Waals surface area contributed by atoms with E-state index < -0.39 is 5.91 Å². The zero-order valence-electron chi connectivity index (χ0n) is 9.85. The van der Waals surface area contributed by atoms with Crippen LogP contribution in [-0.2, 0) is 7.05 Å². The zero-order valence-corrected chi connectivity index (χ0v) is 12.2.